The van der Waals surface area contributed by atoms with E-state index in [2.05, 4.69) is 40.4 Å². The molecule has 1 aromatic rings. The highest BCUT2D eigenvalue weighted by Crippen LogP contribution is 2.31. The van der Waals surface area contributed by atoms with Gasteiger partial charge in [-0.25, -0.2) is 4.79 Å². The van der Waals surface area contributed by atoms with Crippen molar-refractivity contribution < 1.29 is 9.53 Å². The van der Waals surface area contributed by atoms with Gasteiger partial charge in [0.1, 0.15) is 11.3 Å². The molecule has 156 valence electrons. The summed E-state index contributed by atoms with van der Waals surface area (Å²) in [6, 6.07) is 2.38. The summed E-state index contributed by atoms with van der Waals surface area (Å²) < 4.78 is 8.39. The average Bonchev–Trinajstić information content (AvgIpc) is 2.97. The number of ether oxygens (including phenoxy) is 1. The number of aliphatic imine (C=N–C) groups is 1. The van der Waals surface area contributed by atoms with Gasteiger partial charge in [-0.05, 0) is 69.8 Å². The normalized spacial score (nSPS) is 16.1. The van der Waals surface area contributed by atoms with Crippen LogP contribution in [0.4, 0.5) is 4.79 Å². The number of nitrogens with zero attached hydrogens (tertiary/aromatic N) is 5. The molecule has 0 unspecified atom stereocenters. The molecule has 7 nitrogen and oxygen atoms in total. The van der Waals surface area contributed by atoms with Crippen molar-refractivity contribution in [2.24, 2.45) is 4.99 Å². The van der Waals surface area contributed by atoms with Crippen molar-refractivity contribution in [2.45, 2.75) is 58.6 Å². The summed E-state index contributed by atoms with van der Waals surface area (Å²) in [6.07, 6.45) is 7.06. The lowest BCUT2D eigenvalue weighted by molar-refractivity contribution is 0.0184. The Bertz CT molecular complexity index is 850. The van der Waals surface area contributed by atoms with E-state index in [0.29, 0.717) is 13.1 Å². The second kappa shape index (κ2) is 10.1. The van der Waals surface area contributed by atoms with Gasteiger partial charge in [0.15, 0.2) is 0 Å². The molecule has 0 aromatic carbocycles. The van der Waals surface area contributed by atoms with Crippen LogP contribution in [0.15, 0.2) is 23.3 Å². The first-order valence-electron chi connectivity index (χ1n) is 9.62. The molecule has 0 atom stereocenters. The maximum Gasteiger partial charge on any atom is 0.410 e. The van der Waals surface area contributed by atoms with Crippen molar-refractivity contribution in [3.05, 3.63) is 33.3 Å². The predicted molar refractivity (Wildman–Crippen MR) is 123 cm³/mol. The summed E-state index contributed by atoms with van der Waals surface area (Å²) >= 11 is 2.25. The van der Waals surface area contributed by atoms with Crippen LogP contribution in [-0.4, -0.2) is 46.2 Å². The SMILES string of the molecule is C=N/C=C(\C=C/C)c1nn(C2CCN(C(=O)OC(C)(C)C)CC2)c(CC#N)c1I. The molecule has 1 aliphatic rings. The van der Waals surface area contributed by atoms with Gasteiger partial charge >= 0.3 is 6.09 Å². The number of aromatic nitrogens is 2. The van der Waals surface area contributed by atoms with Gasteiger partial charge in [-0.2, -0.15) is 10.4 Å². The topological polar surface area (TPSA) is 83.5 Å². The van der Waals surface area contributed by atoms with Crippen LogP contribution in [0, 0.1) is 14.9 Å². The maximum atomic E-state index is 12.3. The number of hydrogen-bond acceptors (Lipinski definition) is 5. The van der Waals surface area contributed by atoms with Crippen molar-refractivity contribution >= 4 is 41.0 Å². The van der Waals surface area contributed by atoms with E-state index < -0.39 is 5.60 Å². The van der Waals surface area contributed by atoms with Gasteiger partial charge in [-0.1, -0.05) is 12.2 Å². The summed E-state index contributed by atoms with van der Waals surface area (Å²) in [4.78, 5) is 18.0. The fraction of sp³-hybridized carbons (Fsp3) is 0.524. The molecule has 0 saturated carbocycles. The van der Waals surface area contributed by atoms with Crippen molar-refractivity contribution in [1.82, 2.24) is 14.7 Å². The molecule has 0 N–H and O–H groups in total. The van der Waals surface area contributed by atoms with Gasteiger partial charge in [-0.15, -0.1) is 0 Å². The minimum absolute atomic E-state index is 0.128. The first-order chi connectivity index (χ1) is 13.7. The second-order valence-electron chi connectivity index (χ2n) is 7.85. The highest BCUT2D eigenvalue weighted by molar-refractivity contribution is 14.1. The van der Waals surface area contributed by atoms with Gasteiger partial charge in [0.05, 0.1) is 27.8 Å². The molecule has 0 aliphatic carbocycles. The lowest BCUT2D eigenvalue weighted by Gasteiger charge is -2.34. The highest BCUT2D eigenvalue weighted by Gasteiger charge is 2.30. The monoisotopic (exact) mass is 509 g/mol. The van der Waals surface area contributed by atoms with Gasteiger partial charge < -0.3 is 9.64 Å². The molecule has 1 saturated heterocycles. The average molecular weight is 509 g/mol. The lowest BCUT2D eigenvalue weighted by atomic mass is 10.1. The number of likely N-dealkylation sites (tertiary alicyclic amines) is 1. The van der Waals surface area contributed by atoms with E-state index in [1.165, 1.54) is 0 Å². The largest absolute Gasteiger partial charge is 0.444 e. The zero-order valence-corrected chi connectivity index (χ0v) is 19.6. The smallest absolute Gasteiger partial charge is 0.410 e. The number of rotatable bonds is 5. The van der Waals surface area contributed by atoms with Crippen molar-refractivity contribution in [3.63, 3.8) is 0 Å². The van der Waals surface area contributed by atoms with Crippen LogP contribution in [0.1, 0.15) is 58.0 Å². The Morgan fingerprint density at radius 2 is 2.10 bits per heavy atom. The molecule has 1 aliphatic heterocycles. The Morgan fingerprint density at radius 1 is 1.45 bits per heavy atom. The Labute approximate surface area is 186 Å². The predicted octanol–water partition coefficient (Wildman–Crippen LogP) is 4.74. The van der Waals surface area contributed by atoms with Gasteiger partial charge in [0, 0.05) is 24.9 Å². The Hall–Kier alpha value is -2.15. The molecule has 1 amide bonds. The molecular formula is C21H28IN5O2. The van der Waals surface area contributed by atoms with Crippen LogP contribution in [0.3, 0.4) is 0 Å². The number of allylic oxidation sites excluding steroid dienone is 3. The van der Waals surface area contributed by atoms with Crippen LogP contribution in [0.2, 0.25) is 0 Å². The molecule has 1 aromatic heterocycles. The molecule has 0 radical (unpaired) electrons. The third-order valence-corrected chi connectivity index (χ3v) is 5.64. The number of carbonyl (C=O) groups is 1. The summed E-state index contributed by atoms with van der Waals surface area (Å²) in [5.74, 6) is 0. The van der Waals surface area contributed by atoms with E-state index in [1.54, 1.807) is 11.1 Å². The number of hydrogen-bond donors (Lipinski definition) is 0. The summed E-state index contributed by atoms with van der Waals surface area (Å²) in [5.41, 5.74) is 2.06. The van der Waals surface area contributed by atoms with Crippen molar-refractivity contribution in [3.8, 4) is 6.07 Å². The first kappa shape index (κ1) is 23.1. The Balaban J connectivity index is 2.26. The first-order valence-corrected chi connectivity index (χ1v) is 10.7. The molecule has 2 rings (SSSR count). The second-order valence-corrected chi connectivity index (χ2v) is 8.93. The number of piperidine rings is 1. The molecule has 0 bridgehead atoms. The van der Waals surface area contributed by atoms with E-state index in [0.717, 1.165) is 33.4 Å². The zero-order valence-electron chi connectivity index (χ0n) is 17.5. The fourth-order valence-electron chi connectivity index (χ4n) is 3.25. The number of nitriles is 1. The summed E-state index contributed by atoms with van der Waals surface area (Å²) in [6.45, 7) is 12.3. The number of amides is 1. The molecule has 29 heavy (non-hydrogen) atoms. The van der Waals surface area contributed by atoms with Gasteiger partial charge in [0.2, 0.25) is 0 Å². The molecule has 0 spiro atoms. The quantitative estimate of drug-likeness (QED) is 0.326. The minimum atomic E-state index is -0.504. The standard InChI is InChI=1S/C21H28IN5O2/c1-6-7-15(14-24-5)19-18(22)17(8-11-23)27(25-19)16-9-12-26(13-10-16)20(28)29-21(2,3)4/h6-7,14,16H,5,8-10,12-13H2,1-4H3/b7-6-,15-14+. The summed E-state index contributed by atoms with van der Waals surface area (Å²) in [7, 11) is 0. The van der Waals surface area contributed by atoms with Gasteiger partial charge in [-0.3, -0.25) is 9.67 Å². The third-order valence-electron chi connectivity index (χ3n) is 4.50. The minimum Gasteiger partial charge on any atom is -0.444 e. The van der Waals surface area contributed by atoms with E-state index >= 15 is 0 Å². The van der Waals surface area contributed by atoms with Gasteiger partial charge in [0.25, 0.3) is 0 Å². The molecule has 2 heterocycles. The van der Waals surface area contributed by atoms with E-state index in [-0.39, 0.29) is 18.6 Å². The fourth-order valence-corrected chi connectivity index (χ4v) is 4.11. The Morgan fingerprint density at radius 3 is 2.62 bits per heavy atom. The summed E-state index contributed by atoms with van der Waals surface area (Å²) in [5, 5.41) is 14.2. The van der Waals surface area contributed by atoms with Crippen LogP contribution in [0.5, 0.6) is 0 Å². The molecular weight excluding hydrogens is 481 g/mol. The van der Waals surface area contributed by atoms with Crippen LogP contribution in [-0.2, 0) is 11.2 Å². The third kappa shape index (κ3) is 5.92. The van der Waals surface area contributed by atoms with Crippen molar-refractivity contribution in [1.29, 1.82) is 5.26 Å². The van der Waals surface area contributed by atoms with E-state index in [4.69, 9.17) is 9.84 Å². The zero-order chi connectivity index (χ0) is 21.6. The van der Waals surface area contributed by atoms with E-state index in [9.17, 15) is 10.1 Å². The van der Waals surface area contributed by atoms with Crippen LogP contribution < -0.4 is 0 Å². The highest BCUT2D eigenvalue weighted by atomic mass is 127. The lowest BCUT2D eigenvalue weighted by Crippen LogP contribution is -2.42. The van der Waals surface area contributed by atoms with E-state index in [1.807, 2.05) is 44.5 Å². The van der Waals surface area contributed by atoms with Crippen LogP contribution >= 0.6 is 22.6 Å². The maximum absolute atomic E-state index is 12.3. The van der Waals surface area contributed by atoms with Crippen LogP contribution in [0.25, 0.3) is 5.57 Å². The molecule has 1 fully saturated rings. The number of halogens is 1. The molecule has 8 heteroatoms. The Kier molecular flexibility index (Phi) is 8.02. The van der Waals surface area contributed by atoms with Crippen molar-refractivity contribution in [2.75, 3.05) is 13.1 Å². The number of carbonyl (C=O) groups excluding carboxylic acids is 1.